The van der Waals surface area contributed by atoms with Gasteiger partial charge >= 0.3 is 0 Å². The van der Waals surface area contributed by atoms with Gasteiger partial charge < -0.3 is 10.6 Å². The molecule has 4 rings (SSSR count). The Balaban J connectivity index is 1.36. The molecule has 0 aliphatic heterocycles. The molecule has 2 aromatic heterocycles. The number of thiophene rings is 1. The summed E-state index contributed by atoms with van der Waals surface area (Å²) in [6.45, 7) is 1.92. The molecule has 4 aromatic rings. The molecule has 0 aliphatic carbocycles. The van der Waals surface area contributed by atoms with Crippen LogP contribution in [0.3, 0.4) is 0 Å². The third-order valence-electron chi connectivity index (χ3n) is 4.64. The lowest BCUT2D eigenvalue weighted by Gasteiger charge is -2.16. The molecule has 32 heavy (non-hydrogen) atoms. The van der Waals surface area contributed by atoms with Gasteiger partial charge in [-0.05, 0) is 36.1 Å². The van der Waals surface area contributed by atoms with Gasteiger partial charge in [0.25, 0.3) is 5.91 Å². The van der Waals surface area contributed by atoms with Gasteiger partial charge in [0, 0.05) is 0 Å². The minimum Gasteiger partial charge on any atom is -0.345 e. The highest BCUT2D eigenvalue weighted by Gasteiger charge is 2.16. The Kier molecular flexibility index (Phi) is 6.98. The zero-order chi connectivity index (χ0) is 22.3. The van der Waals surface area contributed by atoms with Crippen molar-refractivity contribution < 1.29 is 9.59 Å². The maximum absolute atomic E-state index is 12.8. The molecular formula is C23H21N5O2S2. The molecule has 2 amide bonds. The lowest BCUT2D eigenvalue weighted by atomic mass is 10.1. The van der Waals surface area contributed by atoms with Crippen molar-refractivity contribution in [2.24, 2.45) is 0 Å². The van der Waals surface area contributed by atoms with Gasteiger partial charge in [0.1, 0.15) is 0 Å². The Hall–Kier alpha value is -3.43. The Morgan fingerprint density at radius 1 is 1.06 bits per heavy atom. The Morgan fingerprint density at radius 2 is 1.84 bits per heavy atom. The van der Waals surface area contributed by atoms with Crippen LogP contribution in [0.2, 0.25) is 0 Å². The van der Waals surface area contributed by atoms with Gasteiger partial charge in [-0.15, -0.1) is 16.4 Å². The van der Waals surface area contributed by atoms with Crippen LogP contribution < -0.4 is 10.6 Å². The molecule has 0 bridgehead atoms. The van der Waals surface area contributed by atoms with Crippen molar-refractivity contribution in [3.8, 4) is 10.7 Å². The maximum atomic E-state index is 12.8. The van der Waals surface area contributed by atoms with Gasteiger partial charge in [0.05, 0.1) is 27.9 Å². The molecule has 3 N–H and O–H groups in total. The molecule has 0 spiro atoms. The number of H-pyrrole nitrogens is 1. The van der Waals surface area contributed by atoms with E-state index in [1.54, 1.807) is 35.6 Å². The van der Waals surface area contributed by atoms with Crippen LogP contribution in [0.15, 0.2) is 77.3 Å². The number of aromatic amines is 1. The summed E-state index contributed by atoms with van der Waals surface area (Å²) >= 11 is 2.79. The summed E-state index contributed by atoms with van der Waals surface area (Å²) in [6.07, 6.45) is 0. The average Bonchev–Trinajstić information content (AvgIpc) is 3.51. The third-order valence-corrected chi connectivity index (χ3v) is 6.37. The molecule has 1 atom stereocenters. The molecule has 0 unspecified atom stereocenters. The predicted molar refractivity (Wildman–Crippen MR) is 128 cm³/mol. The smallest absolute Gasteiger partial charge is 0.253 e. The van der Waals surface area contributed by atoms with Crippen LogP contribution in [-0.4, -0.2) is 32.7 Å². The van der Waals surface area contributed by atoms with Crippen molar-refractivity contribution >= 4 is 40.6 Å². The van der Waals surface area contributed by atoms with Crippen LogP contribution in [0.4, 0.5) is 5.69 Å². The van der Waals surface area contributed by atoms with E-state index in [9.17, 15) is 9.59 Å². The fraction of sp³-hybridized carbons (Fsp3) is 0.130. The van der Waals surface area contributed by atoms with E-state index < -0.39 is 0 Å². The minimum absolute atomic E-state index is 0.123. The summed E-state index contributed by atoms with van der Waals surface area (Å²) < 4.78 is 0. The minimum atomic E-state index is -0.250. The highest BCUT2D eigenvalue weighted by atomic mass is 32.2. The molecule has 7 nitrogen and oxygen atoms in total. The van der Waals surface area contributed by atoms with Gasteiger partial charge in [-0.1, -0.05) is 60.3 Å². The number of aromatic nitrogens is 3. The number of carbonyl (C=O) groups excluding carboxylic acids is 2. The van der Waals surface area contributed by atoms with Gasteiger partial charge in [-0.25, -0.2) is 4.98 Å². The second-order valence-corrected chi connectivity index (χ2v) is 8.82. The van der Waals surface area contributed by atoms with Crippen LogP contribution in [0.25, 0.3) is 10.7 Å². The van der Waals surface area contributed by atoms with E-state index in [2.05, 4.69) is 25.8 Å². The van der Waals surface area contributed by atoms with Gasteiger partial charge in [0.15, 0.2) is 5.82 Å². The molecule has 9 heteroatoms. The summed E-state index contributed by atoms with van der Waals surface area (Å²) in [7, 11) is 0. The van der Waals surface area contributed by atoms with Crippen molar-refractivity contribution in [1.29, 1.82) is 0 Å². The topological polar surface area (TPSA) is 99.8 Å². The van der Waals surface area contributed by atoms with Crippen LogP contribution in [-0.2, 0) is 4.79 Å². The number of carbonyl (C=O) groups is 2. The standard InChI is InChI=1S/C23H21N5O2S2/c1-15(16-8-3-2-4-9-16)24-22(30)17-10-5-6-11-18(17)25-20(29)14-32-23-26-21(27-28-23)19-12-7-13-31-19/h2-13,15H,14H2,1H3,(H,24,30)(H,25,29)(H,26,27,28)/t15-/m1/s1. The van der Waals surface area contributed by atoms with E-state index in [0.717, 1.165) is 10.4 Å². The van der Waals surface area contributed by atoms with Crippen molar-refractivity contribution in [1.82, 2.24) is 20.5 Å². The number of nitrogens with one attached hydrogen (secondary N) is 3. The third kappa shape index (κ3) is 5.43. The Bertz CT molecular complexity index is 1190. The normalized spacial score (nSPS) is 11.7. The van der Waals surface area contributed by atoms with E-state index in [1.165, 1.54) is 11.8 Å². The number of benzene rings is 2. The van der Waals surface area contributed by atoms with E-state index in [1.807, 2.05) is 54.8 Å². The Morgan fingerprint density at radius 3 is 2.62 bits per heavy atom. The van der Waals surface area contributed by atoms with Crippen molar-refractivity contribution in [2.75, 3.05) is 11.1 Å². The molecule has 162 valence electrons. The maximum Gasteiger partial charge on any atom is 0.253 e. The van der Waals surface area contributed by atoms with Gasteiger partial charge in [-0.2, -0.15) is 0 Å². The van der Waals surface area contributed by atoms with E-state index in [-0.39, 0.29) is 23.6 Å². The van der Waals surface area contributed by atoms with Crippen LogP contribution in [0.5, 0.6) is 0 Å². The number of amides is 2. The first-order valence-electron chi connectivity index (χ1n) is 9.94. The first-order chi connectivity index (χ1) is 15.6. The van der Waals surface area contributed by atoms with E-state index in [4.69, 9.17) is 0 Å². The fourth-order valence-electron chi connectivity index (χ4n) is 3.04. The fourth-order valence-corrected chi connectivity index (χ4v) is 4.30. The highest BCUT2D eigenvalue weighted by molar-refractivity contribution is 7.99. The number of para-hydroxylation sites is 1. The summed E-state index contributed by atoms with van der Waals surface area (Å²) in [6, 6.07) is 20.4. The zero-order valence-corrected chi connectivity index (χ0v) is 18.9. The molecule has 2 aromatic carbocycles. The monoisotopic (exact) mass is 463 g/mol. The lowest BCUT2D eigenvalue weighted by Crippen LogP contribution is -2.28. The highest BCUT2D eigenvalue weighted by Crippen LogP contribution is 2.23. The summed E-state index contributed by atoms with van der Waals surface area (Å²) in [5.41, 5.74) is 1.88. The zero-order valence-electron chi connectivity index (χ0n) is 17.2. The quantitative estimate of drug-likeness (QED) is 0.327. The first kappa shape index (κ1) is 21.8. The lowest BCUT2D eigenvalue weighted by molar-refractivity contribution is -0.113. The number of thioether (sulfide) groups is 1. The molecule has 0 radical (unpaired) electrons. The van der Waals surface area contributed by atoms with Gasteiger partial charge in [0.2, 0.25) is 11.1 Å². The number of nitrogens with zero attached hydrogens (tertiary/aromatic N) is 2. The number of anilines is 1. The number of rotatable bonds is 8. The first-order valence-corrected chi connectivity index (χ1v) is 11.8. The predicted octanol–water partition coefficient (Wildman–Crippen LogP) is 4.76. The average molecular weight is 464 g/mol. The van der Waals surface area contributed by atoms with Crippen LogP contribution in [0, 0.1) is 0 Å². The molecule has 0 saturated heterocycles. The SMILES string of the molecule is C[C@@H](NC(=O)c1ccccc1NC(=O)CSc1n[nH]c(-c2cccs2)n1)c1ccccc1. The van der Waals surface area contributed by atoms with Gasteiger partial charge in [-0.3, -0.25) is 14.7 Å². The molecule has 0 aliphatic rings. The number of hydrogen-bond donors (Lipinski definition) is 3. The molecule has 0 fully saturated rings. The number of hydrogen-bond acceptors (Lipinski definition) is 6. The van der Waals surface area contributed by atoms with Crippen LogP contribution in [0.1, 0.15) is 28.9 Å². The summed E-state index contributed by atoms with van der Waals surface area (Å²) in [5, 5.41) is 15.3. The summed E-state index contributed by atoms with van der Waals surface area (Å²) in [5.74, 6) is 0.309. The molecule has 0 saturated carbocycles. The van der Waals surface area contributed by atoms with E-state index >= 15 is 0 Å². The van der Waals surface area contributed by atoms with E-state index in [0.29, 0.717) is 22.2 Å². The second-order valence-electron chi connectivity index (χ2n) is 6.93. The molecule has 2 heterocycles. The summed E-state index contributed by atoms with van der Waals surface area (Å²) in [4.78, 5) is 30.7. The molecular weight excluding hydrogens is 442 g/mol. The van der Waals surface area contributed by atoms with Crippen molar-refractivity contribution in [3.05, 3.63) is 83.2 Å². The van der Waals surface area contributed by atoms with Crippen LogP contribution >= 0.6 is 23.1 Å². The van der Waals surface area contributed by atoms with Crippen molar-refractivity contribution in [3.63, 3.8) is 0 Å². The Labute approximate surface area is 193 Å². The second kappa shape index (κ2) is 10.3. The largest absolute Gasteiger partial charge is 0.345 e. The van der Waals surface area contributed by atoms with Crippen molar-refractivity contribution in [2.45, 2.75) is 18.1 Å².